The largest absolute Gasteiger partial charge is 0.507 e. The molecule has 0 amide bonds. The summed E-state index contributed by atoms with van der Waals surface area (Å²) in [6.45, 7) is 3.07. The van der Waals surface area contributed by atoms with E-state index < -0.39 is 21.6 Å². The normalized spacial score (nSPS) is 10.8. The van der Waals surface area contributed by atoms with Crippen molar-refractivity contribution >= 4 is 21.5 Å². The van der Waals surface area contributed by atoms with Crippen molar-refractivity contribution in [2.45, 2.75) is 18.7 Å². The Morgan fingerprint density at radius 2 is 1.83 bits per heavy atom. The van der Waals surface area contributed by atoms with Gasteiger partial charge in [-0.15, -0.1) is 0 Å². The minimum atomic E-state index is -3.91. The van der Waals surface area contributed by atoms with E-state index in [-0.39, 0.29) is 21.7 Å². The fourth-order valence-electron chi connectivity index (χ4n) is 1.97. The topological polar surface area (TPSA) is 107 Å². The number of ketones is 1. The minimum Gasteiger partial charge on any atom is -0.507 e. The van der Waals surface area contributed by atoms with Crippen molar-refractivity contribution < 1.29 is 18.3 Å². The van der Waals surface area contributed by atoms with Crippen LogP contribution in [0.25, 0.3) is 0 Å². The van der Waals surface area contributed by atoms with E-state index in [2.05, 4.69) is 4.72 Å². The molecule has 0 aromatic heterocycles. The van der Waals surface area contributed by atoms with Gasteiger partial charge in [0.25, 0.3) is 10.0 Å². The van der Waals surface area contributed by atoms with E-state index >= 15 is 0 Å². The van der Waals surface area contributed by atoms with Gasteiger partial charge in [0, 0.05) is 6.07 Å². The number of anilines is 1. The summed E-state index contributed by atoms with van der Waals surface area (Å²) in [5.74, 6) is -0.815. The number of carbonyl (C=O) groups excluding carboxylic acids is 1. The van der Waals surface area contributed by atoms with Crippen molar-refractivity contribution in [2.24, 2.45) is 0 Å². The number of phenols is 1. The number of aryl methyl sites for hydroxylation is 1. The van der Waals surface area contributed by atoms with Gasteiger partial charge in [-0.2, -0.15) is 5.26 Å². The molecule has 0 saturated carbocycles. The monoisotopic (exact) mass is 330 g/mol. The Hall–Kier alpha value is -2.85. The van der Waals surface area contributed by atoms with Crippen LogP contribution in [0.4, 0.5) is 5.69 Å². The SMILES string of the molecule is CC(=O)c1cc(C#N)c(NS(=O)(=O)c2ccc(C)cc2)cc1O. The molecule has 118 valence electrons. The zero-order valence-corrected chi connectivity index (χ0v) is 13.3. The second-order valence-corrected chi connectivity index (χ2v) is 6.68. The van der Waals surface area contributed by atoms with Gasteiger partial charge in [-0.05, 0) is 32.0 Å². The maximum atomic E-state index is 12.3. The van der Waals surface area contributed by atoms with E-state index in [4.69, 9.17) is 5.26 Å². The first-order valence-electron chi connectivity index (χ1n) is 6.62. The number of nitriles is 1. The average molecular weight is 330 g/mol. The number of Topliss-reactive ketones (excluding diaryl/α,β-unsaturated/α-hetero) is 1. The molecule has 2 aromatic carbocycles. The molecule has 0 unspecified atom stereocenters. The number of hydrogen-bond acceptors (Lipinski definition) is 5. The molecule has 0 aliphatic heterocycles. The summed E-state index contributed by atoms with van der Waals surface area (Å²) >= 11 is 0. The van der Waals surface area contributed by atoms with Crippen LogP contribution in [0, 0.1) is 18.3 Å². The molecule has 23 heavy (non-hydrogen) atoms. The van der Waals surface area contributed by atoms with Crippen molar-refractivity contribution in [3.8, 4) is 11.8 Å². The highest BCUT2D eigenvalue weighted by atomic mass is 32.2. The smallest absolute Gasteiger partial charge is 0.261 e. The molecule has 0 bridgehead atoms. The van der Waals surface area contributed by atoms with Crippen LogP contribution in [0.3, 0.4) is 0 Å². The average Bonchev–Trinajstić information content (AvgIpc) is 2.47. The second kappa shape index (κ2) is 6.10. The highest BCUT2D eigenvalue weighted by Crippen LogP contribution is 2.28. The number of phenolic OH excluding ortho intramolecular Hbond substituents is 1. The quantitative estimate of drug-likeness (QED) is 0.838. The molecule has 0 spiro atoms. The summed E-state index contributed by atoms with van der Waals surface area (Å²) in [7, 11) is -3.91. The number of benzene rings is 2. The third kappa shape index (κ3) is 3.49. The number of aromatic hydroxyl groups is 1. The molecule has 0 radical (unpaired) electrons. The fourth-order valence-corrected chi connectivity index (χ4v) is 3.04. The maximum absolute atomic E-state index is 12.3. The van der Waals surface area contributed by atoms with Crippen molar-refractivity contribution in [3.05, 3.63) is 53.1 Å². The van der Waals surface area contributed by atoms with Gasteiger partial charge < -0.3 is 5.11 Å². The lowest BCUT2D eigenvalue weighted by molar-refractivity contribution is 0.101. The van der Waals surface area contributed by atoms with Crippen molar-refractivity contribution in [2.75, 3.05) is 4.72 Å². The van der Waals surface area contributed by atoms with Crippen LogP contribution in [0.15, 0.2) is 41.3 Å². The molecular formula is C16H14N2O4S. The Kier molecular flexibility index (Phi) is 4.38. The van der Waals surface area contributed by atoms with Gasteiger partial charge in [0.2, 0.25) is 0 Å². The molecular weight excluding hydrogens is 316 g/mol. The van der Waals surface area contributed by atoms with Gasteiger partial charge in [-0.3, -0.25) is 9.52 Å². The molecule has 0 fully saturated rings. The van der Waals surface area contributed by atoms with Crippen molar-refractivity contribution in [3.63, 3.8) is 0 Å². The maximum Gasteiger partial charge on any atom is 0.261 e. The number of sulfonamides is 1. The number of carbonyl (C=O) groups is 1. The third-order valence-corrected chi connectivity index (χ3v) is 4.59. The molecule has 0 heterocycles. The highest BCUT2D eigenvalue weighted by Gasteiger charge is 2.19. The van der Waals surface area contributed by atoms with Crippen molar-refractivity contribution in [1.82, 2.24) is 0 Å². The Balaban J connectivity index is 2.47. The van der Waals surface area contributed by atoms with Crippen LogP contribution >= 0.6 is 0 Å². The van der Waals surface area contributed by atoms with Crippen LogP contribution in [0.5, 0.6) is 5.75 Å². The predicted molar refractivity (Wildman–Crippen MR) is 84.8 cm³/mol. The lowest BCUT2D eigenvalue weighted by atomic mass is 10.1. The molecule has 2 aromatic rings. The Labute approximate surface area is 134 Å². The van der Waals surface area contributed by atoms with Crippen LogP contribution in [-0.2, 0) is 10.0 Å². The van der Waals surface area contributed by atoms with Crippen molar-refractivity contribution in [1.29, 1.82) is 5.26 Å². The van der Waals surface area contributed by atoms with E-state index in [1.807, 2.05) is 13.0 Å². The number of nitrogens with one attached hydrogen (secondary N) is 1. The molecule has 6 nitrogen and oxygen atoms in total. The van der Waals surface area contributed by atoms with E-state index in [1.54, 1.807) is 12.1 Å². The molecule has 0 aliphatic rings. The summed E-state index contributed by atoms with van der Waals surface area (Å²) in [6.07, 6.45) is 0. The molecule has 2 rings (SSSR count). The molecule has 0 saturated heterocycles. The zero-order chi connectivity index (χ0) is 17.2. The fraction of sp³-hybridized carbons (Fsp3) is 0.125. The van der Waals surface area contributed by atoms with E-state index in [0.29, 0.717) is 0 Å². The highest BCUT2D eigenvalue weighted by molar-refractivity contribution is 7.92. The van der Waals surface area contributed by atoms with Gasteiger partial charge in [-0.1, -0.05) is 17.7 Å². The van der Waals surface area contributed by atoms with Crippen LogP contribution in [-0.4, -0.2) is 19.3 Å². The first kappa shape index (κ1) is 16.5. The molecule has 7 heteroatoms. The first-order valence-corrected chi connectivity index (χ1v) is 8.10. The lowest BCUT2D eigenvalue weighted by Gasteiger charge is -2.11. The Morgan fingerprint density at radius 1 is 1.22 bits per heavy atom. The van der Waals surface area contributed by atoms with Gasteiger partial charge in [0.1, 0.15) is 11.8 Å². The summed E-state index contributed by atoms with van der Waals surface area (Å²) in [5, 5.41) is 19.0. The van der Waals surface area contributed by atoms with Crippen LogP contribution in [0.2, 0.25) is 0 Å². The van der Waals surface area contributed by atoms with Gasteiger partial charge in [0.15, 0.2) is 5.78 Å². The summed E-state index contributed by atoms with van der Waals surface area (Å²) in [6, 6.07) is 10.2. The third-order valence-electron chi connectivity index (χ3n) is 3.21. The van der Waals surface area contributed by atoms with Gasteiger partial charge >= 0.3 is 0 Å². The summed E-state index contributed by atoms with van der Waals surface area (Å²) in [4.78, 5) is 11.4. The predicted octanol–water partition coefficient (Wildman–Crippen LogP) is 2.58. The second-order valence-electron chi connectivity index (χ2n) is 5.00. The lowest BCUT2D eigenvalue weighted by Crippen LogP contribution is -2.14. The van der Waals surface area contributed by atoms with Crippen LogP contribution in [0.1, 0.15) is 28.4 Å². The Bertz CT molecular complexity index is 910. The molecule has 0 aliphatic carbocycles. The summed E-state index contributed by atoms with van der Waals surface area (Å²) < 4.78 is 26.9. The molecule has 2 N–H and O–H groups in total. The Morgan fingerprint density at radius 3 is 2.35 bits per heavy atom. The minimum absolute atomic E-state index is 0.0297. The van der Waals surface area contributed by atoms with Gasteiger partial charge in [0.05, 0.1) is 21.7 Å². The summed E-state index contributed by atoms with van der Waals surface area (Å²) in [5.41, 5.74) is 0.726. The van der Waals surface area contributed by atoms with E-state index in [9.17, 15) is 18.3 Å². The van der Waals surface area contributed by atoms with Crippen LogP contribution < -0.4 is 4.72 Å². The zero-order valence-electron chi connectivity index (χ0n) is 12.5. The molecule has 0 atom stereocenters. The van der Waals surface area contributed by atoms with Gasteiger partial charge in [-0.25, -0.2) is 8.42 Å². The van der Waals surface area contributed by atoms with E-state index in [1.165, 1.54) is 19.1 Å². The number of rotatable bonds is 4. The van der Waals surface area contributed by atoms with E-state index in [0.717, 1.165) is 17.7 Å². The number of nitrogens with zero attached hydrogens (tertiary/aromatic N) is 1. The first-order chi connectivity index (χ1) is 10.7. The standard InChI is InChI=1S/C16H14N2O4S/c1-10-3-5-13(6-4-10)23(21,22)18-15-8-16(20)14(11(2)19)7-12(15)9-17/h3-8,18,20H,1-2H3. The number of hydrogen-bond donors (Lipinski definition) is 2.